The van der Waals surface area contributed by atoms with Crippen molar-refractivity contribution in [3.8, 4) is 0 Å². The van der Waals surface area contributed by atoms with Gasteiger partial charge in [-0.05, 0) is 60.9 Å². The number of hydrogen-bond donors (Lipinski definition) is 1. The van der Waals surface area contributed by atoms with Crippen LogP contribution < -0.4 is 0 Å². The van der Waals surface area contributed by atoms with Crippen molar-refractivity contribution in [2.45, 2.75) is 51.0 Å². The highest BCUT2D eigenvalue weighted by Gasteiger charge is 2.40. The molecule has 2 heterocycles. The molecule has 0 amide bonds. The van der Waals surface area contributed by atoms with E-state index >= 15 is 0 Å². The molecule has 1 N–H and O–H groups in total. The van der Waals surface area contributed by atoms with Gasteiger partial charge in [0, 0.05) is 35.6 Å². The van der Waals surface area contributed by atoms with Crippen LogP contribution in [0.3, 0.4) is 0 Å². The maximum absolute atomic E-state index is 3.51. The molecular formula is C21H30N2S. The van der Waals surface area contributed by atoms with Crippen molar-refractivity contribution in [2.75, 3.05) is 25.1 Å². The van der Waals surface area contributed by atoms with Crippen molar-refractivity contribution in [3.63, 3.8) is 0 Å². The number of fused-ring (bicyclic) bond motifs is 2. The van der Waals surface area contributed by atoms with E-state index in [9.17, 15) is 0 Å². The molecule has 1 aliphatic heterocycles. The van der Waals surface area contributed by atoms with Crippen LogP contribution in [0.15, 0.2) is 24.4 Å². The number of nitrogens with zero attached hydrogens (tertiary/aromatic N) is 1. The molecule has 1 aliphatic carbocycles. The van der Waals surface area contributed by atoms with Crippen LogP contribution in [0.5, 0.6) is 0 Å². The third-order valence-electron chi connectivity index (χ3n) is 6.11. The molecule has 3 heteroatoms. The Bertz CT molecular complexity index is 692. The Labute approximate surface area is 150 Å². The van der Waals surface area contributed by atoms with E-state index in [0.717, 1.165) is 11.8 Å². The molecular weight excluding hydrogens is 312 g/mol. The lowest BCUT2D eigenvalue weighted by atomic mass is 9.72. The molecule has 0 spiro atoms. The molecule has 1 unspecified atom stereocenters. The quantitative estimate of drug-likeness (QED) is 0.741. The summed E-state index contributed by atoms with van der Waals surface area (Å²) in [4.78, 5) is 6.36. The van der Waals surface area contributed by atoms with Crippen LogP contribution in [0.4, 0.5) is 0 Å². The molecule has 2 nitrogen and oxygen atoms in total. The minimum atomic E-state index is 0.717. The molecule has 24 heavy (non-hydrogen) atoms. The predicted octanol–water partition coefficient (Wildman–Crippen LogP) is 5.05. The molecule has 0 saturated carbocycles. The summed E-state index contributed by atoms with van der Waals surface area (Å²) in [5.74, 6) is 2.88. The third kappa shape index (κ3) is 2.90. The molecule has 2 aliphatic rings. The molecule has 1 saturated heterocycles. The number of likely N-dealkylation sites (tertiary alicyclic amines) is 1. The fourth-order valence-corrected chi connectivity index (χ4v) is 5.79. The van der Waals surface area contributed by atoms with Gasteiger partial charge in [-0.25, -0.2) is 0 Å². The normalized spacial score (nSPS) is 26.7. The predicted molar refractivity (Wildman–Crippen MR) is 106 cm³/mol. The van der Waals surface area contributed by atoms with Crippen LogP contribution in [0.1, 0.15) is 49.7 Å². The van der Waals surface area contributed by atoms with E-state index in [2.05, 4.69) is 47.5 Å². The third-order valence-corrected chi connectivity index (χ3v) is 6.92. The molecule has 1 fully saturated rings. The van der Waals surface area contributed by atoms with E-state index in [1.54, 1.807) is 11.1 Å². The van der Waals surface area contributed by atoms with Crippen molar-refractivity contribution >= 4 is 22.7 Å². The SMILES string of the molecule is CCCCCN1C[C@H](CSC)CC2c3cccc4[nH]cc(c34)C[C@H]21. The zero-order valence-corrected chi connectivity index (χ0v) is 15.9. The molecule has 3 atom stereocenters. The van der Waals surface area contributed by atoms with E-state index in [4.69, 9.17) is 0 Å². The maximum Gasteiger partial charge on any atom is 0.0459 e. The van der Waals surface area contributed by atoms with Gasteiger partial charge in [-0.15, -0.1) is 0 Å². The summed E-state index contributed by atoms with van der Waals surface area (Å²) in [5, 5.41) is 1.54. The Balaban J connectivity index is 1.66. The lowest BCUT2D eigenvalue weighted by molar-refractivity contribution is 0.0906. The van der Waals surface area contributed by atoms with E-state index < -0.39 is 0 Å². The van der Waals surface area contributed by atoms with Crippen molar-refractivity contribution in [1.29, 1.82) is 0 Å². The van der Waals surface area contributed by atoms with Crippen molar-refractivity contribution in [3.05, 3.63) is 35.5 Å². The number of rotatable bonds is 6. The van der Waals surface area contributed by atoms with Gasteiger partial charge in [0.15, 0.2) is 0 Å². The van der Waals surface area contributed by atoms with Gasteiger partial charge in [0.05, 0.1) is 0 Å². The Morgan fingerprint density at radius 1 is 1.29 bits per heavy atom. The summed E-state index contributed by atoms with van der Waals surface area (Å²) < 4.78 is 0. The number of nitrogens with one attached hydrogen (secondary N) is 1. The lowest BCUT2D eigenvalue weighted by Crippen LogP contribution is -2.50. The number of thioether (sulfide) groups is 1. The standard InChI is InChI=1S/C21H30N2S/c1-3-4-5-9-23-13-15(14-24-2)10-18-17-7-6-8-19-21(17)16(12-22-19)11-20(18)23/h6-8,12,15,18,20,22H,3-5,9-11,13-14H2,1-2H3/t15-,18?,20-/m1/s1. The largest absolute Gasteiger partial charge is 0.361 e. The van der Waals surface area contributed by atoms with Gasteiger partial charge < -0.3 is 4.98 Å². The first-order chi connectivity index (χ1) is 11.8. The fourth-order valence-electron chi connectivity index (χ4n) is 5.08. The molecule has 1 aromatic heterocycles. The van der Waals surface area contributed by atoms with Gasteiger partial charge in [0.1, 0.15) is 0 Å². The molecule has 2 aromatic rings. The van der Waals surface area contributed by atoms with Crippen LogP contribution in [0.25, 0.3) is 10.9 Å². The van der Waals surface area contributed by atoms with E-state index in [0.29, 0.717) is 6.04 Å². The first-order valence-corrected chi connectivity index (χ1v) is 11.0. The van der Waals surface area contributed by atoms with E-state index in [1.807, 2.05) is 11.8 Å². The number of aromatic nitrogens is 1. The Kier molecular flexibility index (Phi) is 4.91. The second-order valence-electron chi connectivity index (χ2n) is 7.72. The van der Waals surface area contributed by atoms with Gasteiger partial charge in [0.25, 0.3) is 0 Å². The monoisotopic (exact) mass is 342 g/mol. The van der Waals surface area contributed by atoms with Gasteiger partial charge in [-0.1, -0.05) is 31.9 Å². The number of hydrogen-bond acceptors (Lipinski definition) is 2. The Hall–Kier alpha value is -0.930. The Morgan fingerprint density at radius 2 is 2.21 bits per heavy atom. The van der Waals surface area contributed by atoms with Gasteiger partial charge in [-0.2, -0.15) is 11.8 Å². The highest BCUT2D eigenvalue weighted by Crippen LogP contribution is 2.45. The minimum absolute atomic E-state index is 0.717. The van der Waals surface area contributed by atoms with Gasteiger partial charge in [0.2, 0.25) is 0 Å². The van der Waals surface area contributed by atoms with Crippen molar-refractivity contribution in [1.82, 2.24) is 9.88 Å². The molecule has 0 bridgehead atoms. The first kappa shape index (κ1) is 16.5. The molecule has 130 valence electrons. The lowest BCUT2D eigenvalue weighted by Gasteiger charge is -2.47. The zero-order chi connectivity index (χ0) is 16.5. The number of piperidine rings is 1. The molecule has 1 aromatic carbocycles. The summed E-state index contributed by atoms with van der Waals surface area (Å²) in [5.41, 5.74) is 4.50. The fraction of sp³-hybridized carbons (Fsp3) is 0.619. The smallest absolute Gasteiger partial charge is 0.0459 e. The first-order valence-electron chi connectivity index (χ1n) is 9.63. The van der Waals surface area contributed by atoms with Crippen molar-refractivity contribution in [2.24, 2.45) is 5.92 Å². The van der Waals surface area contributed by atoms with Crippen LogP contribution >= 0.6 is 11.8 Å². The van der Waals surface area contributed by atoms with Crippen LogP contribution in [0.2, 0.25) is 0 Å². The summed E-state index contributed by atoms with van der Waals surface area (Å²) in [6.45, 7) is 4.90. The minimum Gasteiger partial charge on any atom is -0.361 e. The summed E-state index contributed by atoms with van der Waals surface area (Å²) >= 11 is 2.02. The van der Waals surface area contributed by atoms with Crippen LogP contribution in [-0.2, 0) is 6.42 Å². The van der Waals surface area contributed by atoms with Gasteiger partial charge in [-0.3, -0.25) is 4.90 Å². The van der Waals surface area contributed by atoms with E-state index in [1.165, 1.54) is 61.8 Å². The average Bonchev–Trinajstić information content (AvgIpc) is 3.01. The maximum atomic E-state index is 3.51. The summed E-state index contributed by atoms with van der Waals surface area (Å²) in [7, 11) is 0. The number of unbranched alkanes of at least 4 members (excludes halogenated alkanes) is 2. The highest BCUT2D eigenvalue weighted by atomic mass is 32.2. The second kappa shape index (κ2) is 7.13. The van der Waals surface area contributed by atoms with Crippen molar-refractivity contribution < 1.29 is 0 Å². The average molecular weight is 343 g/mol. The number of aromatic amines is 1. The number of H-pyrrole nitrogens is 1. The summed E-state index contributed by atoms with van der Waals surface area (Å²) in [6, 6.07) is 7.61. The molecule has 4 rings (SSSR count). The van der Waals surface area contributed by atoms with Crippen LogP contribution in [-0.4, -0.2) is 41.0 Å². The van der Waals surface area contributed by atoms with Crippen LogP contribution in [0, 0.1) is 5.92 Å². The summed E-state index contributed by atoms with van der Waals surface area (Å²) in [6.07, 6.45) is 11.2. The highest BCUT2D eigenvalue weighted by molar-refractivity contribution is 7.98. The number of benzene rings is 1. The van der Waals surface area contributed by atoms with E-state index in [-0.39, 0.29) is 0 Å². The topological polar surface area (TPSA) is 19.0 Å². The zero-order valence-electron chi connectivity index (χ0n) is 15.1. The molecule has 0 radical (unpaired) electrons. The van der Waals surface area contributed by atoms with Gasteiger partial charge >= 0.3 is 0 Å². The Morgan fingerprint density at radius 3 is 3.04 bits per heavy atom. The second-order valence-corrected chi connectivity index (χ2v) is 8.63.